The molecule has 3 atom stereocenters. The maximum absolute atomic E-state index is 14.1. The van der Waals surface area contributed by atoms with Crippen molar-refractivity contribution in [3.8, 4) is 0 Å². The van der Waals surface area contributed by atoms with Crippen LogP contribution in [0.3, 0.4) is 0 Å². The zero-order valence-corrected chi connectivity index (χ0v) is 17.4. The molecule has 0 bridgehead atoms. The topological polar surface area (TPSA) is 101 Å². The second kappa shape index (κ2) is 8.79. The van der Waals surface area contributed by atoms with E-state index in [-0.39, 0.29) is 53.8 Å². The van der Waals surface area contributed by atoms with Crippen LogP contribution in [0.1, 0.15) is 51.1 Å². The molecule has 2 fully saturated rings. The van der Waals surface area contributed by atoms with Crippen LogP contribution in [-0.4, -0.2) is 45.4 Å². The lowest BCUT2D eigenvalue weighted by Gasteiger charge is -2.16. The summed E-state index contributed by atoms with van der Waals surface area (Å²) in [6, 6.07) is -0.597. The van der Waals surface area contributed by atoms with Crippen molar-refractivity contribution in [2.24, 2.45) is 15.7 Å². The Bertz CT molecular complexity index is 856. The van der Waals surface area contributed by atoms with Crippen molar-refractivity contribution in [1.82, 2.24) is 20.6 Å². The summed E-state index contributed by atoms with van der Waals surface area (Å²) >= 11 is 5.91. The highest BCUT2D eigenvalue weighted by molar-refractivity contribution is 6.29. The highest BCUT2D eigenvalue weighted by Gasteiger charge is 2.39. The fourth-order valence-electron chi connectivity index (χ4n) is 3.73. The maximum Gasteiger partial charge on any atom is 0.250 e. The van der Waals surface area contributed by atoms with Crippen LogP contribution in [-0.2, 0) is 0 Å². The lowest BCUT2D eigenvalue weighted by Crippen LogP contribution is -2.40. The van der Waals surface area contributed by atoms with Crippen LogP contribution in [0.25, 0.3) is 0 Å². The number of rotatable bonds is 5. The zero-order valence-electron chi connectivity index (χ0n) is 16.6. The Labute approximate surface area is 178 Å². The van der Waals surface area contributed by atoms with Gasteiger partial charge in [-0.1, -0.05) is 18.2 Å². The van der Waals surface area contributed by atoms with E-state index < -0.39 is 17.6 Å². The Morgan fingerprint density at radius 2 is 1.87 bits per heavy atom. The van der Waals surface area contributed by atoms with Gasteiger partial charge in [-0.05, 0) is 26.2 Å². The van der Waals surface area contributed by atoms with Gasteiger partial charge in [-0.15, -0.1) is 0 Å². The number of aromatic nitrogens is 2. The Morgan fingerprint density at radius 3 is 2.47 bits per heavy atom. The van der Waals surface area contributed by atoms with Gasteiger partial charge in [-0.3, -0.25) is 4.98 Å². The molecule has 7 nitrogen and oxygen atoms in total. The van der Waals surface area contributed by atoms with E-state index in [0.717, 1.165) is 0 Å². The van der Waals surface area contributed by atoms with Crippen molar-refractivity contribution in [2.45, 2.75) is 69.1 Å². The summed E-state index contributed by atoms with van der Waals surface area (Å²) < 4.78 is 40.9. The molecule has 0 aliphatic heterocycles. The minimum atomic E-state index is -2.71. The van der Waals surface area contributed by atoms with Crippen molar-refractivity contribution in [3.63, 3.8) is 0 Å². The molecule has 0 aromatic carbocycles. The molecular formula is C19H25ClF3N7. The van der Waals surface area contributed by atoms with E-state index in [9.17, 15) is 13.2 Å². The molecule has 2 aliphatic carbocycles. The standard InChI is InChI=1S/C19H25ClF3N7/c1-11(26-12-3-5-18(2,21)7-12)27-16(14-9-25-10-15(20)29-14)30-17(24)28-13-4-6-19(22,23)8-13/h9-10,12-13,26H,1,3-8H2,2H3,(H3,24,27,28,30)/t12?,13?,18-/m1/s1. The SMILES string of the molecule is C=C(/N=C(\N=C(/N)NC1CCC(F)(F)C1)c1cncc(Cl)n1)NC1CC[C@@](C)(F)C1. The van der Waals surface area contributed by atoms with Crippen molar-refractivity contribution >= 4 is 23.4 Å². The van der Waals surface area contributed by atoms with Crippen LogP contribution in [0.15, 0.2) is 34.8 Å². The van der Waals surface area contributed by atoms with E-state index in [2.05, 4.69) is 37.2 Å². The number of halogens is 4. The fourth-order valence-corrected chi connectivity index (χ4v) is 3.88. The summed E-state index contributed by atoms with van der Waals surface area (Å²) in [5.41, 5.74) is 4.93. The number of alkyl halides is 3. The first-order chi connectivity index (χ1) is 14.0. The van der Waals surface area contributed by atoms with Crippen LogP contribution >= 0.6 is 11.6 Å². The van der Waals surface area contributed by atoms with E-state index in [1.165, 1.54) is 12.4 Å². The summed E-state index contributed by atoms with van der Waals surface area (Å²) in [7, 11) is 0. The molecule has 1 aromatic rings. The summed E-state index contributed by atoms with van der Waals surface area (Å²) in [4.78, 5) is 16.6. The lowest BCUT2D eigenvalue weighted by molar-refractivity contribution is 0.00748. The molecule has 1 heterocycles. The summed E-state index contributed by atoms with van der Waals surface area (Å²) in [6.07, 6.45) is 3.96. The summed E-state index contributed by atoms with van der Waals surface area (Å²) in [6.45, 7) is 5.42. The van der Waals surface area contributed by atoms with E-state index in [0.29, 0.717) is 19.3 Å². The van der Waals surface area contributed by atoms with E-state index in [1.807, 2.05) is 0 Å². The first-order valence-corrected chi connectivity index (χ1v) is 10.1. The van der Waals surface area contributed by atoms with Crippen LogP contribution in [0.5, 0.6) is 0 Å². The number of nitrogens with zero attached hydrogens (tertiary/aromatic N) is 4. The van der Waals surface area contributed by atoms with Gasteiger partial charge in [-0.2, -0.15) is 4.99 Å². The smallest absolute Gasteiger partial charge is 0.250 e. The minimum Gasteiger partial charge on any atom is -0.370 e. The fraction of sp³-hybridized carbons (Fsp3) is 0.579. The van der Waals surface area contributed by atoms with Crippen molar-refractivity contribution in [2.75, 3.05) is 0 Å². The quantitative estimate of drug-likeness (QED) is 0.479. The molecule has 2 unspecified atom stereocenters. The largest absolute Gasteiger partial charge is 0.370 e. The third kappa shape index (κ3) is 6.32. The van der Waals surface area contributed by atoms with Crippen molar-refractivity contribution in [3.05, 3.63) is 35.6 Å². The van der Waals surface area contributed by atoms with Gasteiger partial charge in [0, 0.05) is 31.3 Å². The Hall–Kier alpha value is -2.36. The van der Waals surface area contributed by atoms with E-state index in [4.69, 9.17) is 17.3 Å². The molecule has 164 valence electrons. The van der Waals surface area contributed by atoms with Gasteiger partial charge in [0.2, 0.25) is 5.92 Å². The summed E-state index contributed by atoms with van der Waals surface area (Å²) in [5.74, 6) is -2.49. The molecule has 1 aromatic heterocycles. The van der Waals surface area contributed by atoms with Crippen molar-refractivity contribution in [1.29, 1.82) is 0 Å². The lowest BCUT2D eigenvalue weighted by atomic mass is 10.1. The predicted octanol–water partition coefficient (Wildman–Crippen LogP) is 3.31. The van der Waals surface area contributed by atoms with Gasteiger partial charge in [0.05, 0.1) is 12.4 Å². The van der Waals surface area contributed by atoms with Crippen LogP contribution in [0.2, 0.25) is 5.15 Å². The average molecular weight is 444 g/mol. The average Bonchev–Trinajstić information content (AvgIpc) is 3.14. The Kier molecular flexibility index (Phi) is 6.54. The molecule has 0 amide bonds. The third-order valence-electron chi connectivity index (χ3n) is 5.11. The highest BCUT2D eigenvalue weighted by atomic mass is 35.5. The number of hydrogen-bond acceptors (Lipinski definition) is 4. The van der Waals surface area contributed by atoms with Gasteiger partial charge in [0.1, 0.15) is 22.3 Å². The molecule has 0 radical (unpaired) electrons. The van der Waals surface area contributed by atoms with E-state index >= 15 is 0 Å². The number of nitrogens with one attached hydrogen (secondary N) is 2. The number of guanidine groups is 1. The Morgan fingerprint density at radius 1 is 1.17 bits per heavy atom. The molecule has 2 saturated carbocycles. The Balaban J connectivity index is 1.76. The molecule has 2 aliphatic rings. The van der Waals surface area contributed by atoms with Gasteiger partial charge >= 0.3 is 0 Å². The summed E-state index contributed by atoms with van der Waals surface area (Å²) in [5, 5.41) is 5.99. The van der Waals surface area contributed by atoms with E-state index in [1.54, 1.807) is 6.92 Å². The first-order valence-electron chi connectivity index (χ1n) is 9.71. The van der Waals surface area contributed by atoms with Gasteiger partial charge < -0.3 is 16.4 Å². The monoisotopic (exact) mass is 443 g/mol. The van der Waals surface area contributed by atoms with Crippen LogP contribution in [0, 0.1) is 0 Å². The van der Waals surface area contributed by atoms with Gasteiger partial charge in [-0.25, -0.2) is 23.1 Å². The molecule has 0 saturated heterocycles. The normalized spacial score (nSPS) is 29.1. The molecule has 11 heteroatoms. The molecule has 0 spiro atoms. The van der Waals surface area contributed by atoms with Crippen molar-refractivity contribution < 1.29 is 13.2 Å². The highest BCUT2D eigenvalue weighted by Crippen LogP contribution is 2.35. The zero-order chi connectivity index (χ0) is 21.9. The maximum atomic E-state index is 14.1. The number of nitrogens with two attached hydrogens (primary N) is 1. The molecule has 3 rings (SSSR count). The second-order valence-corrected chi connectivity index (χ2v) is 8.43. The number of amidine groups is 1. The minimum absolute atomic E-state index is 0.0539. The predicted molar refractivity (Wildman–Crippen MR) is 110 cm³/mol. The molecule has 4 N–H and O–H groups in total. The van der Waals surface area contributed by atoms with Crippen LogP contribution in [0.4, 0.5) is 13.2 Å². The second-order valence-electron chi connectivity index (χ2n) is 8.04. The first kappa shape index (κ1) is 22.3. The molecule has 30 heavy (non-hydrogen) atoms. The number of hydrogen-bond donors (Lipinski definition) is 3. The van der Waals surface area contributed by atoms with Crippen LogP contribution < -0.4 is 16.4 Å². The third-order valence-corrected chi connectivity index (χ3v) is 5.30. The van der Waals surface area contributed by atoms with Gasteiger partial charge in [0.25, 0.3) is 0 Å². The van der Waals surface area contributed by atoms with Gasteiger partial charge in [0.15, 0.2) is 11.8 Å². The number of aliphatic imine (C=N–C) groups is 2. The molecular weight excluding hydrogens is 419 g/mol.